The Labute approximate surface area is 165 Å². The number of nitrogens with zero attached hydrogens (tertiary/aromatic N) is 1. The molecule has 28 heavy (non-hydrogen) atoms. The second-order valence-corrected chi connectivity index (χ2v) is 8.90. The van der Waals surface area contributed by atoms with Crippen LogP contribution in [0, 0.1) is 11.3 Å². The number of pyridine rings is 1. The molecule has 2 amide bonds. The fourth-order valence-corrected chi connectivity index (χ4v) is 4.06. The van der Waals surface area contributed by atoms with Gasteiger partial charge in [0.15, 0.2) is 0 Å². The highest BCUT2D eigenvalue weighted by Gasteiger charge is 2.51. The fourth-order valence-electron chi connectivity index (χ4n) is 4.06. The molecule has 2 N–H and O–H groups in total. The average Bonchev–Trinajstić information content (AvgIpc) is 2.59. The minimum absolute atomic E-state index is 0.00391. The standard InChI is InChI=1S/C21H29N3O4/c1-20(2,3)28-19(27)16(11-14-5-9-22-10-6-14)24-18(26)15-13-23-17(25)12-21(15)7-4-8-21/h5-6,9-10,15-16H,4,7-8,11-13H2,1-3H3,(H,23,25)(H,24,26). The van der Waals surface area contributed by atoms with Crippen molar-refractivity contribution in [2.24, 2.45) is 11.3 Å². The molecular weight excluding hydrogens is 358 g/mol. The van der Waals surface area contributed by atoms with Crippen LogP contribution < -0.4 is 10.6 Å². The molecule has 7 nitrogen and oxygen atoms in total. The van der Waals surface area contributed by atoms with Crippen LogP contribution in [0.15, 0.2) is 24.5 Å². The summed E-state index contributed by atoms with van der Waals surface area (Å²) in [6.45, 7) is 5.73. The van der Waals surface area contributed by atoms with Gasteiger partial charge < -0.3 is 15.4 Å². The molecule has 2 fully saturated rings. The molecule has 1 spiro atoms. The number of hydrogen-bond donors (Lipinski definition) is 2. The van der Waals surface area contributed by atoms with E-state index in [0.717, 1.165) is 24.8 Å². The highest BCUT2D eigenvalue weighted by atomic mass is 16.6. The molecule has 0 radical (unpaired) electrons. The normalized spacial score (nSPS) is 22.0. The average molecular weight is 387 g/mol. The van der Waals surface area contributed by atoms with Crippen LogP contribution in [0.3, 0.4) is 0 Å². The molecule has 1 saturated heterocycles. The number of nitrogens with one attached hydrogen (secondary N) is 2. The van der Waals surface area contributed by atoms with Crippen LogP contribution in [0.4, 0.5) is 0 Å². The molecule has 1 aromatic heterocycles. The highest BCUT2D eigenvalue weighted by Crippen LogP contribution is 2.51. The van der Waals surface area contributed by atoms with E-state index >= 15 is 0 Å². The van der Waals surface area contributed by atoms with Crippen LogP contribution in [0.5, 0.6) is 0 Å². The van der Waals surface area contributed by atoms with Crippen molar-refractivity contribution in [1.29, 1.82) is 0 Å². The molecule has 3 rings (SSSR count). The molecule has 2 heterocycles. The molecule has 152 valence electrons. The van der Waals surface area contributed by atoms with Gasteiger partial charge in [0, 0.05) is 31.8 Å². The predicted molar refractivity (Wildman–Crippen MR) is 103 cm³/mol. The molecule has 0 bridgehead atoms. The van der Waals surface area contributed by atoms with E-state index < -0.39 is 17.6 Å². The maximum absolute atomic E-state index is 13.1. The second-order valence-electron chi connectivity index (χ2n) is 8.90. The minimum atomic E-state index is -0.788. The summed E-state index contributed by atoms with van der Waals surface area (Å²) in [7, 11) is 0. The molecule has 2 atom stereocenters. The Morgan fingerprint density at radius 2 is 2.00 bits per heavy atom. The molecule has 2 aliphatic rings. The number of esters is 1. The number of hydrogen-bond acceptors (Lipinski definition) is 5. The summed E-state index contributed by atoms with van der Waals surface area (Å²) in [5.41, 5.74) is -0.0186. The molecular formula is C21H29N3O4. The number of rotatable bonds is 5. The third kappa shape index (κ3) is 4.69. The first-order chi connectivity index (χ1) is 13.2. The largest absolute Gasteiger partial charge is 0.458 e. The number of ether oxygens (including phenoxy) is 1. The number of carbonyl (C=O) groups excluding carboxylic acids is 3. The van der Waals surface area contributed by atoms with Gasteiger partial charge in [-0.2, -0.15) is 0 Å². The Morgan fingerprint density at radius 3 is 2.57 bits per heavy atom. The van der Waals surface area contributed by atoms with E-state index in [1.807, 2.05) is 12.1 Å². The van der Waals surface area contributed by atoms with Crippen LogP contribution in [0.25, 0.3) is 0 Å². The van der Waals surface area contributed by atoms with E-state index in [-0.39, 0.29) is 23.1 Å². The van der Waals surface area contributed by atoms with Gasteiger partial charge in [0.1, 0.15) is 11.6 Å². The van der Waals surface area contributed by atoms with E-state index in [9.17, 15) is 14.4 Å². The quantitative estimate of drug-likeness (QED) is 0.751. The van der Waals surface area contributed by atoms with Crippen molar-refractivity contribution in [3.63, 3.8) is 0 Å². The van der Waals surface area contributed by atoms with Crippen molar-refractivity contribution in [1.82, 2.24) is 15.6 Å². The third-order valence-corrected chi connectivity index (χ3v) is 5.62. The van der Waals surface area contributed by atoms with Gasteiger partial charge in [-0.3, -0.25) is 14.6 Å². The van der Waals surface area contributed by atoms with E-state index in [2.05, 4.69) is 15.6 Å². The van der Waals surface area contributed by atoms with Crippen LogP contribution >= 0.6 is 0 Å². The van der Waals surface area contributed by atoms with Crippen molar-refractivity contribution < 1.29 is 19.1 Å². The summed E-state index contributed by atoms with van der Waals surface area (Å²) < 4.78 is 5.53. The monoisotopic (exact) mass is 387 g/mol. The molecule has 1 aliphatic carbocycles. The van der Waals surface area contributed by atoms with Crippen LogP contribution in [-0.4, -0.2) is 41.0 Å². The minimum Gasteiger partial charge on any atom is -0.458 e. The lowest BCUT2D eigenvalue weighted by Crippen LogP contribution is -2.58. The highest BCUT2D eigenvalue weighted by molar-refractivity contribution is 5.89. The lowest BCUT2D eigenvalue weighted by Gasteiger charge is -2.49. The third-order valence-electron chi connectivity index (χ3n) is 5.62. The van der Waals surface area contributed by atoms with Gasteiger partial charge in [0.25, 0.3) is 0 Å². The molecule has 1 saturated carbocycles. The summed E-state index contributed by atoms with van der Waals surface area (Å²) in [5, 5.41) is 5.71. The summed E-state index contributed by atoms with van der Waals surface area (Å²) in [6.07, 6.45) is 6.80. The Balaban J connectivity index is 1.75. The lowest BCUT2D eigenvalue weighted by atomic mass is 9.57. The Bertz CT molecular complexity index is 738. The number of carbonyl (C=O) groups is 3. The van der Waals surface area contributed by atoms with Crippen LogP contribution in [0.1, 0.15) is 52.0 Å². The molecule has 1 aliphatic heterocycles. The van der Waals surface area contributed by atoms with Gasteiger partial charge in [-0.1, -0.05) is 6.42 Å². The van der Waals surface area contributed by atoms with Crippen LogP contribution in [0.2, 0.25) is 0 Å². The SMILES string of the molecule is CC(C)(C)OC(=O)C(Cc1ccncc1)NC(=O)C1CNC(=O)CC12CCC2. The zero-order valence-corrected chi connectivity index (χ0v) is 16.8. The van der Waals surface area contributed by atoms with Gasteiger partial charge in [0.2, 0.25) is 11.8 Å². The Morgan fingerprint density at radius 1 is 1.32 bits per heavy atom. The second kappa shape index (κ2) is 7.89. The predicted octanol–water partition coefficient (Wildman–Crippen LogP) is 1.76. The fraction of sp³-hybridized carbons (Fsp3) is 0.619. The molecule has 0 aromatic carbocycles. The zero-order valence-electron chi connectivity index (χ0n) is 16.8. The maximum Gasteiger partial charge on any atom is 0.329 e. The van der Waals surface area contributed by atoms with Crippen molar-refractivity contribution in [3.05, 3.63) is 30.1 Å². The van der Waals surface area contributed by atoms with Crippen molar-refractivity contribution >= 4 is 17.8 Å². The van der Waals surface area contributed by atoms with Crippen molar-refractivity contribution in [2.75, 3.05) is 6.54 Å². The Hall–Kier alpha value is -2.44. The van der Waals surface area contributed by atoms with Crippen molar-refractivity contribution in [3.8, 4) is 0 Å². The van der Waals surface area contributed by atoms with Gasteiger partial charge in [-0.15, -0.1) is 0 Å². The first-order valence-electron chi connectivity index (χ1n) is 9.87. The van der Waals surface area contributed by atoms with Gasteiger partial charge >= 0.3 is 5.97 Å². The zero-order chi connectivity index (χ0) is 20.4. The lowest BCUT2D eigenvalue weighted by molar-refractivity contribution is -0.160. The van der Waals surface area contributed by atoms with E-state index in [4.69, 9.17) is 4.74 Å². The number of piperidine rings is 1. The first-order valence-corrected chi connectivity index (χ1v) is 9.87. The Kier molecular flexibility index (Phi) is 5.72. The van der Waals surface area contributed by atoms with Crippen molar-refractivity contribution in [2.45, 2.75) is 64.5 Å². The van der Waals surface area contributed by atoms with Gasteiger partial charge in [-0.25, -0.2) is 4.79 Å². The molecule has 2 unspecified atom stereocenters. The summed E-state index contributed by atoms with van der Waals surface area (Å²) in [4.78, 5) is 41.7. The first kappa shape index (κ1) is 20.3. The number of amides is 2. The summed E-state index contributed by atoms with van der Waals surface area (Å²) in [6, 6.07) is 2.85. The molecule has 1 aromatic rings. The smallest absolute Gasteiger partial charge is 0.329 e. The van der Waals surface area contributed by atoms with E-state index in [1.165, 1.54) is 0 Å². The summed E-state index contributed by atoms with van der Waals surface area (Å²) >= 11 is 0. The van der Waals surface area contributed by atoms with E-state index in [1.54, 1.807) is 33.2 Å². The van der Waals surface area contributed by atoms with E-state index in [0.29, 0.717) is 19.4 Å². The number of aromatic nitrogens is 1. The van der Waals surface area contributed by atoms with Gasteiger partial charge in [-0.05, 0) is 56.7 Å². The van der Waals surface area contributed by atoms with Gasteiger partial charge in [0.05, 0.1) is 5.92 Å². The summed E-state index contributed by atoms with van der Waals surface area (Å²) in [5.74, 6) is -0.963. The maximum atomic E-state index is 13.1. The van der Waals surface area contributed by atoms with Crippen LogP contribution in [-0.2, 0) is 25.5 Å². The molecule has 7 heteroatoms. The topological polar surface area (TPSA) is 97.4 Å².